The summed E-state index contributed by atoms with van der Waals surface area (Å²) in [6.07, 6.45) is 1.73. The lowest BCUT2D eigenvalue weighted by Gasteiger charge is -2.44. The van der Waals surface area contributed by atoms with Gasteiger partial charge in [0.05, 0.1) is 0 Å². The molecular weight excluding hydrogens is 494 g/mol. The Bertz CT molecular complexity index is 1090. The molecule has 214 valence electrons. The number of rotatable bonds is 12. The Kier molecular flexibility index (Phi) is 11.4. The summed E-state index contributed by atoms with van der Waals surface area (Å²) in [5.41, 5.74) is -0.201. The number of unbranched alkanes of at least 4 members (excludes halogenated alkanes) is 1. The molecule has 0 heterocycles. The summed E-state index contributed by atoms with van der Waals surface area (Å²) in [6, 6.07) is 13.8. The molecule has 2 rings (SSSR count). The molecular formula is C31H45N3O5. The summed E-state index contributed by atoms with van der Waals surface area (Å²) in [6.45, 7) is 13.5. The van der Waals surface area contributed by atoms with E-state index in [1.54, 1.807) is 37.8 Å². The molecule has 3 N–H and O–H groups in total. The van der Waals surface area contributed by atoms with Crippen molar-refractivity contribution in [2.75, 3.05) is 6.54 Å². The maximum atomic E-state index is 14.5. The van der Waals surface area contributed by atoms with Gasteiger partial charge in [-0.3, -0.25) is 9.59 Å². The average Bonchev–Trinajstić information content (AvgIpc) is 2.86. The molecule has 0 aliphatic heterocycles. The number of amides is 3. The summed E-state index contributed by atoms with van der Waals surface area (Å²) >= 11 is 0. The third-order valence-corrected chi connectivity index (χ3v) is 6.55. The van der Waals surface area contributed by atoms with E-state index in [0.29, 0.717) is 18.5 Å². The smallest absolute Gasteiger partial charge is 0.408 e. The van der Waals surface area contributed by atoms with Crippen LogP contribution in [0.3, 0.4) is 0 Å². The van der Waals surface area contributed by atoms with Gasteiger partial charge in [-0.05, 0) is 70.7 Å². The van der Waals surface area contributed by atoms with E-state index in [-0.39, 0.29) is 18.1 Å². The Labute approximate surface area is 233 Å². The van der Waals surface area contributed by atoms with E-state index in [2.05, 4.69) is 10.6 Å². The standard InChI is InChI=1S/C31H45N3O5/c1-8-10-19-32-27(36)26(23-17-14-18-24(35)21-23)34(31(6,7)9-2)28(37)25(20-22-15-12-11-13-16-22)33-29(38)39-30(3,4)5/h11-18,21,25-26,35H,8-10,19-20H2,1-7H3,(H,32,36)(H,33,38). The molecule has 8 nitrogen and oxygen atoms in total. The second kappa shape index (κ2) is 14.0. The second-order valence-electron chi connectivity index (χ2n) is 11.4. The zero-order valence-electron chi connectivity index (χ0n) is 24.4. The Hall–Kier alpha value is -3.55. The van der Waals surface area contributed by atoms with Crippen LogP contribution >= 0.6 is 0 Å². The molecule has 2 aromatic carbocycles. The second-order valence-corrected chi connectivity index (χ2v) is 11.4. The van der Waals surface area contributed by atoms with Crippen molar-refractivity contribution in [1.82, 2.24) is 15.5 Å². The van der Waals surface area contributed by atoms with Crippen molar-refractivity contribution in [2.24, 2.45) is 0 Å². The monoisotopic (exact) mass is 539 g/mol. The molecule has 0 saturated carbocycles. The lowest BCUT2D eigenvalue weighted by Crippen LogP contribution is -2.59. The minimum Gasteiger partial charge on any atom is -0.508 e. The number of phenols is 1. The van der Waals surface area contributed by atoms with Crippen LogP contribution in [0.1, 0.15) is 84.9 Å². The number of hydrogen-bond acceptors (Lipinski definition) is 5. The lowest BCUT2D eigenvalue weighted by molar-refractivity contribution is -0.149. The van der Waals surface area contributed by atoms with Crippen LogP contribution in [0, 0.1) is 0 Å². The van der Waals surface area contributed by atoms with Crippen LogP contribution in [0.2, 0.25) is 0 Å². The fourth-order valence-corrected chi connectivity index (χ4v) is 4.21. The van der Waals surface area contributed by atoms with E-state index >= 15 is 0 Å². The van der Waals surface area contributed by atoms with Crippen LogP contribution in [0.5, 0.6) is 5.75 Å². The third kappa shape index (κ3) is 9.61. The molecule has 2 unspecified atom stereocenters. The molecule has 8 heteroatoms. The van der Waals surface area contributed by atoms with Gasteiger partial charge in [0.15, 0.2) is 0 Å². The van der Waals surface area contributed by atoms with Crippen molar-refractivity contribution in [2.45, 2.75) is 97.4 Å². The number of alkyl carbamates (subject to hydrolysis) is 1. The van der Waals surface area contributed by atoms with Crippen molar-refractivity contribution >= 4 is 17.9 Å². The quantitative estimate of drug-likeness (QED) is 0.309. The first-order valence-corrected chi connectivity index (χ1v) is 13.7. The average molecular weight is 540 g/mol. The predicted octanol–water partition coefficient (Wildman–Crippen LogP) is 5.50. The number of carbonyl (C=O) groups excluding carboxylic acids is 3. The van der Waals surface area contributed by atoms with Crippen LogP contribution < -0.4 is 10.6 Å². The van der Waals surface area contributed by atoms with Crippen molar-refractivity contribution < 1.29 is 24.2 Å². The molecule has 0 saturated heterocycles. The molecule has 0 spiro atoms. The highest BCUT2D eigenvalue weighted by molar-refractivity contribution is 5.93. The van der Waals surface area contributed by atoms with Crippen molar-refractivity contribution in [3.63, 3.8) is 0 Å². The zero-order valence-corrected chi connectivity index (χ0v) is 24.4. The van der Waals surface area contributed by atoms with Gasteiger partial charge in [0.1, 0.15) is 23.4 Å². The molecule has 0 aromatic heterocycles. The highest BCUT2D eigenvalue weighted by Crippen LogP contribution is 2.33. The summed E-state index contributed by atoms with van der Waals surface area (Å²) in [5.74, 6) is -0.775. The van der Waals surface area contributed by atoms with Gasteiger partial charge in [0.25, 0.3) is 0 Å². The number of nitrogens with one attached hydrogen (secondary N) is 2. The molecule has 0 bridgehead atoms. The van der Waals surface area contributed by atoms with E-state index in [1.807, 2.05) is 58.0 Å². The molecule has 0 aliphatic rings. The fraction of sp³-hybridized carbons (Fsp3) is 0.516. The zero-order chi connectivity index (χ0) is 29.2. The van der Waals surface area contributed by atoms with Gasteiger partial charge in [-0.15, -0.1) is 0 Å². The first kappa shape index (κ1) is 31.7. The van der Waals surface area contributed by atoms with Crippen molar-refractivity contribution in [3.8, 4) is 5.75 Å². The van der Waals surface area contributed by atoms with E-state index < -0.39 is 35.2 Å². The Morgan fingerprint density at radius 1 is 0.974 bits per heavy atom. The molecule has 0 fully saturated rings. The normalized spacial score (nSPS) is 13.2. The molecule has 39 heavy (non-hydrogen) atoms. The Balaban J connectivity index is 2.61. The molecule has 2 aromatic rings. The number of aromatic hydroxyl groups is 1. The van der Waals surface area contributed by atoms with Gasteiger partial charge >= 0.3 is 6.09 Å². The Morgan fingerprint density at radius 3 is 2.21 bits per heavy atom. The fourth-order valence-electron chi connectivity index (χ4n) is 4.21. The predicted molar refractivity (Wildman–Crippen MR) is 153 cm³/mol. The number of ether oxygens (including phenoxy) is 1. The number of benzene rings is 2. The summed E-state index contributed by atoms with van der Waals surface area (Å²) in [4.78, 5) is 42.7. The van der Waals surface area contributed by atoms with Crippen LogP contribution in [-0.4, -0.2) is 51.6 Å². The maximum absolute atomic E-state index is 14.5. The summed E-state index contributed by atoms with van der Waals surface area (Å²) in [5, 5.41) is 16.0. The number of carbonyl (C=O) groups is 3. The molecule has 3 amide bonds. The van der Waals surface area contributed by atoms with Crippen LogP contribution in [-0.2, 0) is 20.7 Å². The lowest BCUT2D eigenvalue weighted by atomic mass is 9.91. The summed E-state index contributed by atoms with van der Waals surface area (Å²) < 4.78 is 5.49. The third-order valence-electron chi connectivity index (χ3n) is 6.55. The van der Waals surface area contributed by atoms with E-state index in [1.165, 1.54) is 12.1 Å². The first-order valence-electron chi connectivity index (χ1n) is 13.7. The highest BCUT2D eigenvalue weighted by atomic mass is 16.6. The van der Waals surface area contributed by atoms with Gasteiger partial charge in [-0.1, -0.05) is 62.7 Å². The topological polar surface area (TPSA) is 108 Å². The van der Waals surface area contributed by atoms with Crippen LogP contribution in [0.4, 0.5) is 4.79 Å². The largest absolute Gasteiger partial charge is 0.508 e. The van der Waals surface area contributed by atoms with Crippen LogP contribution in [0.15, 0.2) is 54.6 Å². The van der Waals surface area contributed by atoms with Gasteiger partial charge in [0, 0.05) is 18.5 Å². The van der Waals surface area contributed by atoms with E-state index in [4.69, 9.17) is 4.74 Å². The van der Waals surface area contributed by atoms with E-state index in [9.17, 15) is 19.5 Å². The molecule has 0 aliphatic carbocycles. The van der Waals surface area contributed by atoms with Gasteiger partial charge in [-0.25, -0.2) is 4.79 Å². The van der Waals surface area contributed by atoms with Gasteiger partial charge in [0.2, 0.25) is 11.8 Å². The number of phenolic OH excluding ortho intramolecular Hbond substituents is 1. The minimum absolute atomic E-state index is 0.00622. The summed E-state index contributed by atoms with van der Waals surface area (Å²) in [7, 11) is 0. The SMILES string of the molecule is CCCCNC(=O)C(c1cccc(O)c1)N(C(=O)C(Cc1ccccc1)NC(=O)OC(C)(C)C)C(C)(C)CC. The van der Waals surface area contributed by atoms with Gasteiger partial charge in [-0.2, -0.15) is 0 Å². The number of hydrogen-bond donors (Lipinski definition) is 3. The highest BCUT2D eigenvalue weighted by Gasteiger charge is 2.43. The molecule has 0 radical (unpaired) electrons. The van der Waals surface area contributed by atoms with Crippen molar-refractivity contribution in [3.05, 3.63) is 65.7 Å². The van der Waals surface area contributed by atoms with E-state index in [0.717, 1.165) is 18.4 Å². The Morgan fingerprint density at radius 2 is 1.64 bits per heavy atom. The maximum Gasteiger partial charge on any atom is 0.408 e. The number of nitrogens with zero attached hydrogens (tertiary/aromatic N) is 1. The minimum atomic E-state index is -1.03. The van der Waals surface area contributed by atoms with Crippen LogP contribution in [0.25, 0.3) is 0 Å². The molecule has 2 atom stereocenters. The van der Waals surface area contributed by atoms with Gasteiger partial charge < -0.3 is 25.4 Å². The van der Waals surface area contributed by atoms with Crippen molar-refractivity contribution in [1.29, 1.82) is 0 Å². The first-order chi connectivity index (χ1) is 18.3.